The van der Waals surface area contributed by atoms with E-state index in [0.29, 0.717) is 24.5 Å². The Bertz CT molecular complexity index is 1400. The van der Waals surface area contributed by atoms with Gasteiger partial charge >= 0.3 is 0 Å². The molecule has 3 aromatic carbocycles. The Morgan fingerprint density at radius 1 is 0.919 bits per heavy atom. The number of rotatable bonds is 7. The summed E-state index contributed by atoms with van der Waals surface area (Å²) in [4.78, 5) is 0. The van der Waals surface area contributed by atoms with Gasteiger partial charge in [-0.3, -0.25) is 0 Å². The molecule has 0 N–H and O–H groups in total. The first-order valence-electron chi connectivity index (χ1n) is 13.3. The molecule has 1 atom stereocenters. The van der Waals surface area contributed by atoms with E-state index >= 15 is 4.39 Å². The molecular weight excluding hydrogens is 463 g/mol. The normalized spacial score (nSPS) is 18.9. The Morgan fingerprint density at radius 2 is 1.70 bits per heavy atom. The fraction of sp³-hybridized carbons (Fsp3) is 0.312. The molecule has 37 heavy (non-hydrogen) atoms. The number of ether oxygens (including phenoxy) is 2. The zero-order chi connectivity index (χ0) is 25.2. The van der Waals surface area contributed by atoms with Crippen molar-refractivity contribution < 1.29 is 13.9 Å². The van der Waals surface area contributed by atoms with Crippen molar-refractivity contribution in [2.75, 3.05) is 13.2 Å². The van der Waals surface area contributed by atoms with E-state index < -0.39 is 5.95 Å². The van der Waals surface area contributed by atoms with Crippen molar-refractivity contribution in [3.8, 4) is 5.75 Å². The van der Waals surface area contributed by atoms with E-state index in [0.717, 1.165) is 60.1 Å². The number of fused-ring (bicyclic) bond motifs is 1. The number of allylic oxidation sites excluding steroid dienone is 1. The van der Waals surface area contributed by atoms with Gasteiger partial charge in [0, 0.05) is 6.61 Å². The van der Waals surface area contributed by atoms with E-state index in [1.165, 1.54) is 17.6 Å². The average molecular weight is 496 g/mol. The maximum Gasteiger partial charge on any atom is 0.240 e. The minimum atomic E-state index is -0.450. The molecule has 189 valence electrons. The van der Waals surface area contributed by atoms with Gasteiger partial charge in [0.2, 0.25) is 5.95 Å². The lowest BCUT2D eigenvalue weighted by atomic mass is 9.73. The molecule has 0 bridgehead atoms. The monoisotopic (exact) mass is 495 g/mol. The van der Waals surface area contributed by atoms with Gasteiger partial charge < -0.3 is 9.47 Å². The molecule has 1 unspecified atom stereocenters. The van der Waals surface area contributed by atoms with Crippen LogP contribution in [-0.2, 0) is 4.74 Å². The summed E-state index contributed by atoms with van der Waals surface area (Å²) in [6.45, 7) is 4.85. The Hall–Kier alpha value is -3.44. The minimum absolute atomic E-state index is 0.211. The first-order chi connectivity index (χ1) is 18.2. The molecule has 2 heterocycles. The van der Waals surface area contributed by atoms with Crippen molar-refractivity contribution in [3.63, 3.8) is 0 Å². The van der Waals surface area contributed by atoms with Crippen LogP contribution in [0.2, 0.25) is 0 Å². The summed E-state index contributed by atoms with van der Waals surface area (Å²) in [5.41, 5.74) is 6.53. The van der Waals surface area contributed by atoms with E-state index in [9.17, 15) is 0 Å². The predicted octanol–water partition coefficient (Wildman–Crippen LogP) is 7.85. The summed E-state index contributed by atoms with van der Waals surface area (Å²) >= 11 is 0. The van der Waals surface area contributed by atoms with Crippen molar-refractivity contribution in [2.24, 2.45) is 5.92 Å². The summed E-state index contributed by atoms with van der Waals surface area (Å²) in [6.07, 6.45) is 6.29. The molecule has 1 saturated heterocycles. The highest BCUT2D eigenvalue weighted by atomic mass is 19.1. The van der Waals surface area contributed by atoms with Gasteiger partial charge in [-0.05, 0) is 97.0 Å². The third kappa shape index (κ3) is 4.69. The van der Waals surface area contributed by atoms with Gasteiger partial charge in [0.25, 0.3) is 0 Å². The molecular formula is C32H32FN2O2. The zero-order valence-electron chi connectivity index (χ0n) is 21.0. The maximum absolute atomic E-state index is 15.3. The molecule has 1 aromatic heterocycles. The predicted molar refractivity (Wildman–Crippen MR) is 146 cm³/mol. The number of benzene rings is 3. The fourth-order valence-electron chi connectivity index (χ4n) is 5.61. The number of aromatic nitrogens is 2. The van der Waals surface area contributed by atoms with Gasteiger partial charge in [-0.2, -0.15) is 4.39 Å². The Morgan fingerprint density at radius 3 is 2.38 bits per heavy atom. The zero-order valence-corrected chi connectivity index (χ0v) is 21.0. The summed E-state index contributed by atoms with van der Waals surface area (Å²) < 4.78 is 28.5. The summed E-state index contributed by atoms with van der Waals surface area (Å²) in [6, 6.07) is 24.9. The van der Waals surface area contributed by atoms with Gasteiger partial charge in [-0.15, -0.1) is 5.10 Å². The van der Waals surface area contributed by atoms with Crippen LogP contribution in [0.5, 0.6) is 5.75 Å². The van der Waals surface area contributed by atoms with Gasteiger partial charge in [0.05, 0.1) is 17.5 Å². The van der Waals surface area contributed by atoms with Crippen molar-refractivity contribution in [2.45, 2.75) is 44.8 Å². The smallest absolute Gasteiger partial charge is 0.240 e. The standard InChI is InChI=1S/C32H32FN2O2/c1-2-36-26-17-14-24(15-18-26)31(30(23-11-8-12-23)22-9-4-3-5-10-22)25-16-19-28-27(21-25)32(33)34-35(28)29-13-6-7-20-37-29/h3-5,9-10,14-19,21,23,29H,1-2,6-8,11-13,20H2/b31-30-. The van der Waals surface area contributed by atoms with Crippen LogP contribution >= 0.6 is 0 Å². The lowest BCUT2D eigenvalue weighted by Crippen LogP contribution is -2.19. The molecule has 2 aliphatic rings. The third-order valence-electron chi connectivity index (χ3n) is 7.66. The fourth-order valence-corrected chi connectivity index (χ4v) is 5.61. The van der Waals surface area contributed by atoms with Gasteiger partial charge in [0.1, 0.15) is 5.75 Å². The number of halogens is 1. The van der Waals surface area contributed by atoms with Crippen molar-refractivity contribution >= 4 is 22.0 Å². The molecule has 5 heteroatoms. The van der Waals surface area contributed by atoms with E-state index in [4.69, 9.17) is 9.47 Å². The summed E-state index contributed by atoms with van der Waals surface area (Å²) in [7, 11) is 0. The molecule has 4 nitrogen and oxygen atoms in total. The molecule has 1 aliphatic heterocycles. The first-order valence-corrected chi connectivity index (χ1v) is 13.3. The molecule has 1 radical (unpaired) electrons. The number of hydrogen-bond acceptors (Lipinski definition) is 3. The molecule has 4 aromatic rings. The topological polar surface area (TPSA) is 36.3 Å². The Kier molecular flexibility index (Phi) is 6.79. The molecule has 0 amide bonds. The second kappa shape index (κ2) is 10.5. The largest absolute Gasteiger partial charge is 0.494 e. The van der Waals surface area contributed by atoms with Crippen LogP contribution in [0.25, 0.3) is 22.0 Å². The molecule has 6 rings (SSSR count). The van der Waals surface area contributed by atoms with Crippen molar-refractivity contribution in [1.29, 1.82) is 0 Å². The highest BCUT2D eigenvalue weighted by Gasteiger charge is 2.28. The SMILES string of the molecule is [CH2]COc1ccc(/C(=C(\c2ccccc2)C2CCC2)c2ccc3c(c2)c(F)nn3C2CCCCO2)cc1. The van der Waals surface area contributed by atoms with Crippen LogP contribution in [0.4, 0.5) is 4.39 Å². The number of hydrogen-bond donors (Lipinski definition) is 0. The van der Waals surface area contributed by atoms with Crippen molar-refractivity contribution in [1.82, 2.24) is 9.78 Å². The Labute approximate surface area is 217 Å². The van der Waals surface area contributed by atoms with Gasteiger partial charge in [-0.25, -0.2) is 4.68 Å². The second-order valence-corrected chi connectivity index (χ2v) is 9.94. The minimum Gasteiger partial charge on any atom is -0.494 e. The average Bonchev–Trinajstić information content (AvgIpc) is 3.25. The molecule has 1 aliphatic carbocycles. The summed E-state index contributed by atoms with van der Waals surface area (Å²) in [5.74, 6) is 0.805. The van der Waals surface area contributed by atoms with Crippen LogP contribution in [0.15, 0.2) is 72.8 Å². The Balaban J connectivity index is 1.53. The quantitative estimate of drug-likeness (QED) is 0.245. The van der Waals surface area contributed by atoms with Crippen LogP contribution in [0, 0.1) is 18.8 Å². The van der Waals surface area contributed by atoms with E-state index in [1.54, 1.807) is 4.68 Å². The third-order valence-corrected chi connectivity index (χ3v) is 7.66. The molecule has 2 fully saturated rings. The van der Waals surface area contributed by atoms with E-state index in [-0.39, 0.29) is 6.23 Å². The highest BCUT2D eigenvalue weighted by molar-refractivity contribution is 6.01. The second-order valence-electron chi connectivity index (χ2n) is 9.94. The van der Waals surface area contributed by atoms with E-state index in [1.807, 2.05) is 24.3 Å². The first kappa shape index (κ1) is 23.9. The van der Waals surface area contributed by atoms with Crippen LogP contribution in [0.1, 0.15) is 61.4 Å². The van der Waals surface area contributed by atoms with Crippen LogP contribution in [0.3, 0.4) is 0 Å². The summed E-state index contributed by atoms with van der Waals surface area (Å²) in [5, 5.41) is 4.80. The lowest BCUT2D eigenvalue weighted by Gasteiger charge is -2.31. The lowest BCUT2D eigenvalue weighted by molar-refractivity contribution is -0.0375. The van der Waals surface area contributed by atoms with Gasteiger partial charge in [0.15, 0.2) is 6.23 Å². The van der Waals surface area contributed by atoms with Crippen molar-refractivity contribution in [3.05, 3.63) is 102 Å². The number of nitrogens with zero attached hydrogens (tertiary/aromatic N) is 2. The van der Waals surface area contributed by atoms with E-state index in [2.05, 4.69) is 60.6 Å². The van der Waals surface area contributed by atoms with Crippen LogP contribution in [-0.4, -0.2) is 23.0 Å². The van der Waals surface area contributed by atoms with Crippen LogP contribution < -0.4 is 4.74 Å². The van der Waals surface area contributed by atoms with Gasteiger partial charge in [-0.1, -0.05) is 55.0 Å². The maximum atomic E-state index is 15.3. The molecule has 1 saturated carbocycles. The highest BCUT2D eigenvalue weighted by Crippen LogP contribution is 2.45. The molecule has 0 spiro atoms.